The Hall–Kier alpha value is -1.72. The van der Waals surface area contributed by atoms with Crippen LogP contribution in [0.3, 0.4) is 0 Å². The van der Waals surface area contributed by atoms with Crippen molar-refractivity contribution in [3.05, 3.63) is 11.4 Å². The summed E-state index contributed by atoms with van der Waals surface area (Å²) in [4.78, 5) is 17.1. The van der Waals surface area contributed by atoms with Gasteiger partial charge < -0.3 is 31.5 Å². The number of aliphatic hydroxyl groups is 3. The third-order valence-corrected chi connectivity index (χ3v) is 4.21. The van der Waals surface area contributed by atoms with Crippen molar-refractivity contribution in [1.82, 2.24) is 5.01 Å². The van der Waals surface area contributed by atoms with Crippen LogP contribution in [0.1, 0.15) is 32.6 Å². The number of allylic oxidation sites excluding steroid dienone is 1. The average Bonchev–Trinajstić information content (AvgIpc) is 3.37. The number of nitrogens with two attached hydrogens (primary N) is 3. The van der Waals surface area contributed by atoms with Gasteiger partial charge in [0.15, 0.2) is 6.23 Å². The highest BCUT2D eigenvalue weighted by Gasteiger charge is 2.46. The maximum Gasteiger partial charge on any atom is 0.290 e. The van der Waals surface area contributed by atoms with Crippen LogP contribution in [0, 0.1) is 0 Å². The summed E-state index contributed by atoms with van der Waals surface area (Å²) in [6, 6.07) is -0.00877. The molecule has 4 unspecified atom stereocenters. The monoisotopic (exact) mass is 357 g/mol. The smallest absolute Gasteiger partial charge is 0.290 e. The van der Waals surface area contributed by atoms with Gasteiger partial charge in [0.2, 0.25) is 0 Å². The van der Waals surface area contributed by atoms with E-state index < -0.39 is 37.1 Å². The van der Waals surface area contributed by atoms with Crippen molar-refractivity contribution < 1.29 is 24.9 Å². The van der Waals surface area contributed by atoms with Gasteiger partial charge in [0, 0.05) is 5.70 Å². The molecule has 2 rings (SSSR count). The van der Waals surface area contributed by atoms with Gasteiger partial charge in [-0.05, 0) is 19.3 Å². The number of hydrogen-bond acceptors (Lipinski definition) is 9. The molecule has 1 aliphatic carbocycles. The van der Waals surface area contributed by atoms with E-state index in [0.29, 0.717) is 17.1 Å². The van der Waals surface area contributed by atoms with E-state index in [9.17, 15) is 15.0 Å². The zero-order valence-corrected chi connectivity index (χ0v) is 14.2. The maximum atomic E-state index is 12.8. The van der Waals surface area contributed by atoms with Crippen molar-refractivity contribution in [3.8, 4) is 0 Å². The van der Waals surface area contributed by atoms with E-state index in [1.54, 1.807) is 0 Å². The SMILES string of the molecule is CCCC(N)=C(N)C(=NC1CC1)C(=O)N(N)C1OC(CO)C(O)C1O. The summed E-state index contributed by atoms with van der Waals surface area (Å²) in [6.07, 6.45) is -2.27. The molecule has 0 aromatic rings. The highest BCUT2D eigenvalue weighted by Crippen LogP contribution is 2.26. The fourth-order valence-electron chi connectivity index (χ4n) is 2.53. The maximum absolute atomic E-state index is 12.8. The van der Waals surface area contributed by atoms with Crippen LogP contribution in [0.4, 0.5) is 0 Å². The summed E-state index contributed by atoms with van der Waals surface area (Å²) in [5.41, 5.74) is 12.2. The van der Waals surface area contributed by atoms with Gasteiger partial charge in [-0.3, -0.25) is 9.79 Å². The van der Waals surface area contributed by atoms with Gasteiger partial charge in [-0.15, -0.1) is 0 Å². The Morgan fingerprint density at radius 3 is 2.40 bits per heavy atom. The van der Waals surface area contributed by atoms with Gasteiger partial charge in [0.25, 0.3) is 5.91 Å². The molecular formula is C15H27N5O5. The third-order valence-electron chi connectivity index (χ3n) is 4.21. The second kappa shape index (κ2) is 8.11. The molecule has 10 nitrogen and oxygen atoms in total. The van der Waals surface area contributed by atoms with Crippen LogP contribution >= 0.6 is 0 Å². The van der Waals surface area contributed by atoms with E-state index in [2.05, 4.69) is 4.99 Å². The predicted octanol–water partition coefficient (Wildman–Crippen LogP) is -2.34. The first-order valence-corrected chi connectivity index (χ1v) is 8.34. The Morgan fingerprint density at radius 1 is 1.28 bits per heavy atom. The second-order valence-corrected chi connectivity index (χ2v) is 6.34. The third kappa shape index (κ3) is 4.28. The molecule has 25 heavy (non-hydrogen) atoms. The average molecular weight is 357 g/mol. The molecule has 4 atom stereocenters. The van der Waals surface area contributed by atoms with Crippen LogP contribution in [0.15, 0.2) is 16.4 Å². The Labute approximate surface area is 145 Å². The Morgan fingerprint density at radius 2 is 1.92 bits per heavy atom. The van der Waals surface area contributed by atoms with E-state index in [-0.39, 0.29) is 17.5 Å². The van der Waals surface area contributed by atoms with Crippen LogP contribution in [-0.2, 0) is 9.53 Å². The summed E-state index contributed by atoms with van der Waals surface area (Å²) in [6.45, 7) is 1.40. The first-order chi connectivity index (χ1) is 11.8. The van der Waals surface area contributed by atoms with Crippen molar-refractivity contribution >= 4 is 11.6 Å². The molecule has 1 saturated carbocycles. The summed E-state index contributed by atoms with van der Waals surface area (Å²) in [5, 5.41) is 29.6. The van der Waals surface area contributed by atoms with E-state index in [1.165, 1.54) is 0 Å². The first-order valence-electron chi connectivity index (χ1n) is 8.34. The van der Waals surface area contributed by atoms with Crippen molar-refractivity contribution in [2.75, 3.05) is 6.61 Å². The summed E-state index contributed by atoms with van der Waals surface area (Å²) in [7, 11) is 0. The lowest BCUT2D eigenvalue weighted by molar-refractivity contribution is -0.146. The van der Waals surface area contributed by atoms with Gasteiger partial charge in [0.05, 0.1) is 18.3 Å². The summed E-state index contributed by atoms with van der Waals surface area (Å²) < 4.78 is 5.26. The molecule has 2 aliphatic rings. The first kappa shape index (κ1) is 19.6. The highest BCUT2D eigenvalue weighted by atomic mass is 16.6. The van der Waals surface area contributed by atoms with Gasteiger partial charge in [-0.1, -0.05) is 13.3 Å². The van der Waals surface area contributed by atoms with Crippen molar-refractivity contribution in [1.29, 1.82) is 0 Å². The summed E-state index contributed by atoms with van der Waals surface area (Å²) >= 11 is 0. The molecule has 0 aromatic carbocycles. The number of ether oxygens (including phenoxy) is 1. The van der Waals surface area contributed by atoms with Crippen LogP contribution in [0.5, 0.6) is 0 Å². The lowest BCUT2D eigenvalue weighted by Gasteiger charge is -2.26. The molecule has 1 amide bonds. The zero-order chi connectivity index (χ0) is 18.7. The normalized spacial score (nSPS) is 31.0. The molecule has 9 N–H and O–H groups in total. The molecule has 1 aliphatic heterocycles. The number of hydrogen-bond donors (Lipinski definition) is 6. The topological polar surface area (TPSA) is 181 Å². The minimum Gasteiger partial charge on any atom is -0.400 e. The Kier molecular flexibility index (Phi) is 6.36. The minimum absolute atomic E-state index is 0.00877. The number of hydrazine groups is 1. The number of amides is 1. The Balaban J connectivity index is 2.23. The molecule has 142 valence electrons. The number of rotatable bonds is 7. The van der Waals surface area contributed by atoms with Crippen molar-refractivity contribution in [2.45, 2.75) is 63.2 Å². The highest BCUT2D eigenvalue weighted by molar-refractivity contribution is 6.45. The van der Waals surface area contributed by atoms with Crippen LogP contribution in [-0.4, -0.2) is 69.1 Å². The van der Waals surface area contributed by atoms with Gasteiger partial charge in [-0.2, -0.15) is 0 Å². The van der Waals surface area contributed by atoms with E-state index in [1.807, 2.05) is 6.92 Å². The number of carbonyl (C=O) groups excluding carboxylic acids is 1. The Bertz CT molecular complexity index is 563. The lowest BCUT2D eigenvalue weighted by atomic mass is 10.1. The van der Waals surface area contributed by atoms with Crippen LogP contribution in [0.25, 0.3) is 0 Å². The fourth-order valence-corrected chi connectivity index (χ4v) is 2.53. The van der Waals surface area contributed by atoms with Gasteiger partial charge in [-0.25, -0.2) is 10.9 Å². The van der Waals surface area contributed by atoms with E-state index in [4.69, 9.17) is 27.2 Å². The van der Waals surface area contributed by atoms with Crippen molar-refractivity contribution in [3.63, 3.8) is 0 Å². The van der Waals surface area contributed by atoms with Gasteiger partial charge >= 0.3 is 0 Å². The molecule has 1 heterocycles. The zero-order valence-electron chi connectivity index (χ0n) is 14.2. The second-order valence-electron chi connectivity index (χ2n) is 6.34. The molecule has 2 fully saturated rings. The number of carbonyl (C=O) groups is 1. The molecule has 10 heteroatoms. The van der Waals surface area contributed by atoms with Gasteiger partial charge in [0.1, 0.15) is 24.0 Å². The molecule has 0 aromatic heterocycles. The number of nitrogens with zero attached hydrogens (tertiary/aromatic N) is 2. The quantitative estimate of drug-likeness (QED) is 0.127. The standard InChI is InChI=1S/C15H27N5O5/c1-2-3-8(16)10(17)11(19-7-4-5-7)14(24)20(18)15-13(23)12(22)9(6-21)25-15/h7,9,12-13,15,21-23H,2-6,16-18H2,1H3. The predicted molar refractivity (Wildman–Crippen MR) is 89.6 cm³/mol. The number of aliphatic imine (C=N–C) groups is 1. The van der Waals surface area contributed by atoms with E-state index in [0.717, 1.165) is 19.3 Å². The van der Waals surface area contributed by atoms with E-state index >= 15 is 0 Å². The fraction of sp³-hybridized carbons (Fsp3) is 0.733. The molecular weight excluding hydrogens is 330 g/mol. The molecule has 0 spiro atoms. The largest absolute Gasteiger partial charge is 0.400 e. The molecule has 0 radical (unpaired) electrons. The molecule has 1 saturated heterocycles. The lowest BCUT2D eigenvalue weighted by Crippen LogP contribution is -2.54. The molecule has 0 bridgehead atoms. The minimum atomic E-state index is -1.47. The summed E-state index contributed by atoms with van der Waals surface area (Å²) in [5.74, 6) is 5.04. The van der Waals surface area contributed by atoms with Crippen LogP contribution in [0.2, 0.25) is 0 Å². The van der Waals surface area contributed by atoms with Crippen molar-refractivity contribution in [2.24, 2.45) is 22.3 Å². The van der Waals surface area contributed by atoms with Crippen LogP contribution < -0.4 is 17.3 Å². The number of aliphatic hydroxyl groups excluding tert-OH is 3.